The highest BCUT2D eigenvalue weighted by Crippen LogP contribution is 2.23. The molecule has 0 aliphatic carbocycles. The normalized spacial score (nSPS) is 15.7. The zero-order valence-electron chi connectivity index (χ0n) is 16.0. The summed E-state index contributed by atoms with van der Waals surface area (Å²) in [7, 11) is 3.40. The summed E-state index contributed by atoms with van der Waals surface area (Å²) in [5.74, 6) is 0.593. The third-order valence-electron chi connectivity index (χ3n) is 5.01. The van der Waals surface area contributed by atoms with Crippen molar-refractivity contribution in [3.8, 4) is 17.0 Å². The van der Waals surface area contributed by atoms with Crippen LogP contribution in [0.2, 0.25) is 0 Å². The number of rotatable bonds is 5. The van der Waals surface area contributed by atoms with Gasteiger partial charge < -0.3 is 14.8 Å². The fourth-order valence-corrected chi connectivity index (χ4v) is 3.44. The Balaban J connectivity index is 1.42. The molecule has 0 saturated carbocycles. The molecule has 2 heterocycles. The quantitative estimate of drug-likeness (QED) is 0.742. The van der Waals surface area contributed by atoms with Gasteiger partial charge in [-0.2, -0.15) is 5.10 Å². The van der Waals surface area contributed by atoms with Crippen LogP contribution in [0.1, 0.15) is 21.6 Å². The lowest BCUT2D eigenvalue weighted by atomic mass is 9.99. The molecule has 1 aromatic heterocycles. The van der Waals surface area contributed by atoms with Crippen LogP contribution < -0.4 is 10.1 Å². The van der Waals surface area contributed by atoms with Gasteiger partial charge in [-0.3, -0.25) is 9.48 Å². The van der Waals surface area contributed by atoms with Gasteiger partial charge in [-0.05, 0) is 29.3 Å². The van der Waals surface area contributed by atoms with Crippen LogP contribution in [-0.2, 0) is 24.8 Å². The number of carbonyl (C=O) groups excluding carboxylic acids is 1. The van der Waals surface area contributed by atoms with Crippen molar-refractivity contribution < 1.29 is 14.3 Å². The number of aromatic nitrogens is 2. The minimum absolute atomic E-state index is 0.0232. The van der Waals surface area contributed by atoms with E-state index in [1.807, 2.05) is 36.4 Å². The first-order valence-corrected chi connectivity index (χ1v) is 9.29. The van der Waals surface area contributed by atoms with Crippen molar-refractivity contribution in [2.24, 2.45) is 7.05 Å². The molecule has 1 aliphatic rings. The van der Waals surface area contributed by atoms with Crippen LogP contribution in [0.4, 0.5) is 0 Å². The van der Waals surface area contributed by atoms with E-state index in [0.717, 1.165) is 23.4 Å². The monoisotopic (exact) mass is 377 g/mol. The molecule has 6 nitrogen and oxygen atoms in total. The second kappa shape index (κ2) is 7.86. The molecular formula is C22H23N3O3. The van der Waals surface area contributed by atoms with E-state index in [-0.39, 0.29) is 12.0 Å². The number of methoxy groups -OCH3 is 1. The van der Waals surface area contributed by atoms with Crippen LogP contribution >= 0.6 is 0 Å². The predicted molar refractivity (Wildman–Crippen MR) is 106 cm³/mol. The summed E-state index contributed by atoms with van der Waals surface area (Å²) in [5, 5.41) is 7.45. The van der Waals surface area contributed by atoms with Gasteiger partial charge in [-0.15, -0.1) is 0 Å². The van der Waals surface area contributed by atoms with Crippen LogP contribution in [0, 0.1) is 0 Å². The second-order valence-electron chi connectivity index (χ2n) is 6.89. The Bertz CT molecular complexity index is 996. The Morgan fingerprint density at radius 2 is 2.04 bits per heavy atom. The first-order valence-electron chi connectivity index (χ1n) is 9.29. The summed E-state index contributed by atoms with van der Waals surface area (Å²) in [4.78, 5) is 12.7. The number of carbonyl (C=O) groups is 1. The van der Waals surface area contributed by atoms with Crippen molar-refractivity contribution in [2.45, 2.75) is 19.1 Å². The number of hydrogen-bond donors (Lipinski definition) is 1. The van der Waals surface area contributed by atoms with Gasteiger partial charge in [-0.1, -0.05) is 36.4 Å². The molecule has 1 amide bonds. The number of hydrogen-bond acceptors (Lipinski definition) is 4. The topological polar surface area (TPSA) is 65.4 Å². The summed E-state index contributed by atoms with van der Waals surface area (Å²) in [6.45, 7) is 1.05. The highest BCUT2D eigenvalue weighted by Gasteiger charge is 2.21. The first-order chi connectivity index (χ1) is 13.6. The van der Waals surface area contributed by atoms with Crippen molar-refractivity contribution >= 4 is 5.91 Å². The standard InChI is InChI=1S/C22H23N3O3/c1-25-21(12-20(24-25)16-8-5-9-18(11-16)27-2)22(26)23-13-19-10-15-6-3-4-7-17(15)14-28-19/h3-9,11-12,19H,10,13-14H2,1-2H3,(H,23,26). The first kappa shape index (κ1) is 18.3. The molecule has 4 rings (SSSR count). The largest absolute Gasteiger partial charge is 0.497 e. The average molecular weight is 377 g/mol. The lowest BCUT2D eigenvalue weighted by Crippen LogP contribution is -2.37. The third-order valence-corrected chi connectivity index (χ3v) is 5.01. The van der Waals surface area contributed by atoms with E-state index in [0.29, 0.717) is 18.8 Å². The number of aryl methyl sites for hydroxylation is 1. The van der Waals surface area contributed by atoms with Crippen LogP contribution in [0.25, 0.3) is 11.3 Å². The maximum absolute atomic E-state index is 12.7. The van der Waals surface area contributed by atoms with E-state index in [9.17, 15) is 4.79 Å². The maximum Gasteiger partial charge on any atom is 0.269 e. The Morgan fingerprint density at radius 1 is 1.21 bits per heavy atom. The molecule has 28 heavy (non-hydrogen) atoms. The Labute approximate surface area is 164 Å². The molecule has 1 unspecified atom stereocenters. The number of benzene rings is 2. The minimum atomic E-state index is -0.161. The highest BCUT2D eigenvalue weighted by molar-refractivity contribution is 5.93. The molecule has 6 heteroatoms. The van der Waals surface area contributed by atoms with Gasteiger partial charge in [0.15, 0.2) is 0 Å². The van der Waals surface area contributed by atoms with Crippen LogP contribution in [0.5, 0.6) is 5.75 Å². The smallest absolute Gasteiger partial charge is 0.269 e. The van der Waals surface area contributed by atoms with Crippen molar-refractivity contribution in [2.75, 3.05) is 13.7 Å². The molecule has 3 aromatic rings. The number of nitrogens with one attached hydrogen (secondary N) is 1. The summed E-state index contributed by atoms with van der Waals surface area (Å²) >= 11 is 0. The summed E-state index contributed by atoms with van der Waals surface area (Å²) in [6.07, 6.45) is 0.779. The van der Waals surface area contributed by atoms with Crippen molar-refractivity contribution in [3.05, 3.63) is 71.4 Å². The number of amides is 1. The summed E-state index contributed by atoms with van der Waals surface area (Å²) < 4.78 is 12.7. The van der Waals surface area contributed by atoms with Crippen LogP contribution in [0.3, 0.4) is 0 Å². The SMILES string of the molecule is COc1cccc(-c2cc(C(=O)NCC3Cc4ccccc4CO3)n(C)n2)c1. The second-order valence-corrected chi connectivity index (χ2v) is 6.89. The van der Waals surface area contributed by atoms with Crippen molar-refractivity contribution in [1.29, 1.82) is 0 Å². The lowest BCUT2D eigenvalue weighted by Gasteiger charge is -2.25. The van der Waals surface area contributed by atoms with E-state index in [1.54, 1.807) is 24.9 Å². The van der Waals surface area contributed by atoms with Gasteiger partial charge in [0.05, 0.1) is 25.5 Å². The molecule has 144 valence electrons. The fraction of sp³-hybridized carbons (Fsp3) is 0.273. The molecule has 2 aromatic carbocycles. The Kier molecular flexibility index (Phi) is 5.12. The number of fused-ring (bicyclic) bond motifs is 1. The Morgan fingerprint density at radius 3 is 2.86 bits per heavy atom. The van der Waals surface area contributed by atoms with E-state index in [4.69, 9.17) is 9.47 Å². The molecule has 1 N–H and O–H groups in total. The lowest BCUT2D eigenvalue weighted by molar-refractivity contribution is 0.0284. The van der Waals surface area contributed by atoms with Gasteiger partial charge >= 0.3 is 0 Å². The molecule has 1 aliphatic heterocycles. The summed E-state index contributed by atoms with van der Waals surface area (Å²) in [6, 6.07) is 17.7. The van der Waals surface area contributed by atoms with Gasteiger partial charge in [0, 0.05) is 25.6 Å². The molecule has 1 atom stereocenters. The van der Waals surface area contributed by atoms with E-state index >= 15 is 0 Å². The molecule has 0 radical (unpaired) electrons. The minimum Gasteiger partial charge on any atom is -0.497 e. The van der Waals surface area contributed by atoms with Crippen LogP contribution in [-0.4, -0.2) is 35.4 Å². The van der Waals surface area contributed by atoms with Gasteiger partial charge in [0.25, 0.3) is 5.91 Å². The zero-order chi connectivity index (χ0) is 19.5. The molecule has 0 bridgehead atoms. The predicted octanol–water partition coefficient (Wildman–Crippen LogP) is 2.97. The summed E-state index contributed by atoms with van der Waals surface area (Å²) in [5.41, 5.74) is 4.65. The van der Waals surface area contributed by atoms with Gasteiger partial charge in [-0.25, -0.2) is 0 Å². The van der Waals surface area contributed by atoms with E-state index in [2.05, 4.69) is 22.5 Å². The Hall–Kier alpha value is -3.12. The molecular weight excluding hydrogens is 354 g/mol. The third kappa shape index (κ3) is 3.77. The highest BCUT2D eigenvalue weighted by atomic mass is 16.5. The van der Waals surface area contributed by atoms with Crippen molar-refractivity contribution in [3.63, 3.8) is 0 Å². The van der Waals surface area contributed by atoms with Crippen molar-refractivity contribution in [1.82, 2.24) is 15.1 Å². The van der Waals surface area contributed by atoms with Gasteiger partial charge in [0.2, 0.25) is 0 Å². The molecule has 0 saturated heterocycles. The number of nitrogens with zero attached hydrogens (tertiary/aromatic N) is 2. The average Bonchev–Trinajstić information content (AvgIpc) is 3.13. The molecule has 0 fully saturated rings. The van der Waals surface area contributed by atoms with E-state index in [1.165, 1.54) is 11.1 Å². The van der Waals surface area contributed by atoms with Crippen LogP contribution in [0.15, 0.2) is 54.6 Å². The fourth-order valence-electron chi connectivity index (χ4n) is 3.44. The maximum atomic E-state index is 12.7. The molecule has 0 spiro atoms. The zero-order valence-corrected chi connectivity index (χ0v) is 16.0. The number of ether oxygens (including phenoxy) is 2. The van der Waals surface area contributed by atoms with Gasteiger partial charge in [0.1, 0.15) is 11.4 Å². The van der Waals surface area contributed by atoms with E-state index < -0.39 is 0 Å².